The molecule has 0 spiro atoms. The minimum atomic E-state index is 0.197. The van der Waals surface area contributed by atoms with Crippen LogP contribution >= 0.6 is 7.92 Å². The van der Waals surface area contributed by atoms with Gasteiger partial charge in [0, 0.05) is 5.92 Å². The van der Waals surface area contributed by atoms with Crippen LogP contribution in [0.3, 0.4) is 0 Å². The highest BCUT2D eigenvalue weighted by Crippen LogP contribution is 2.43. The fourth-order valence-corrected chi connectivity index (χ4v) is 4.60. The Morgan fingerprint density at radius 2 is 1.61 bits per heavy atom. The molecule has 1 unspecified atom stereocenters. The van der Waals surface area contributed by atoms with Gasteiger partial charge in [-0.2, -0.15) is 0 Å². The Labute approximate surface area is 113 Å². The summed E-state index contributed by atoms with van der Waals surface area (Å²) in [5, 5.41) is 0. The van der Waals surface area contributed by atoms with Gasteiger partial charge in [-0.3, -0.25) is 0 Å². The predicted molar refractivity (Wildman–Crippen MR) is 83.8 cm³/mol. The van der Waals surface area contributed by atoms with Gasteiger partial charge >= 0.3 is 0 Å². The van der Waals surface area contributed by atoms with Crippen LogP contribution in [0.25, 0.3) is 0 Å². The molecule has 1 atom stereocenters. The maximum atomic E-state index is 2.36. The Balaban J connectivity index is 2.18. The van der Waals surface area contributed by atoms with Crippen molar-refractivity contribution in [1.29, 1.82) is 0 Å². The summed E-state index contributed by atoms with van der Waals surface area (Å²) < 4.78 is 0. The maximum Gasteiger partial charge on any atom is 0.00249 e. The summed E-state index contributed by atoms with van der Waals surface area (Å²) in [7, 11) is 0.197. The minimum absolute atomic E-state index is 0.197. The zero-order valence-corrected chi connectivity index (χ0v) is 12.3. The highest BCUT2D eigenvalue weighted by molar-refractivity contribution is 7.57. The average Bonchev–Trinajstić information content (AvgIpc) is 2.95. The molecular weight excluding hydrogens is 235 g/mol. The van der Waals surface area contributed by atoms with Crippen molar-refractivity contribution in [2.45, 2.75) is 19.8 Å². The topological polar surface area (TPSA) is 0 Å². The first kappa shape index (κ1) is 13.6. The number of benzene rings is 1. The third-order valence-electron chi connectivity index (χ3n) is 3.82. The van der Waals surface area contributed by atoms with Gasteiger partial charge in [0.25, 0.3) is 0 Å². The van der Waals surface area contributed by atoms with Crippen molar-refractivity contribution in [2.24, 2.45) is 5.92 Å². The molecule has 0 aliphatic heterocycles. The molecule has 0 bridgehead atoms. The third kappa shape index (κ3) is 3.33. The first-order valence-electron chi connectivity index (χ1n) is 6.97. The molecule has 1 aromatic rings. The van der Waals surface area contributed by atoms with Crippen LogP contribution in [-0.2, 0) is 0 Å². The normalized spacial score (nSPS) is 16.6. The zero-order valence-electron chi connectivity index (χ0n) is 11.4. The van der Waals surface area contributed by atoms with Gasteiger partial charge in [-0.05, 0) is 30.0 Å². The molecule has 18 heavy (non-hydrogen) atoms. The van der Waals surface area contributed by atoms with Gasteiger partial charge in [-0.25, -0.2) is 0 Å². The van der Waals surface area contributed by atoms with Crippen LogP contribution in [0.4, 0.5) is 0 Å². The van der Waals surface area contributed by atoms with Crippen LogP contribution in [-0.4, -0.2) is 18.5 Å². The van der Waals surface area contributed by atoms with Gasteiger partial charge in [0.15, 0.2) is 0 Å². The van der Waals surface area contributed by atoms with Gasteiger partial charge in [0.1, 0.15) is 0 Å². The summed E-state index contributed by atoms with van der Waals surface area (Å²) >= 11 is 0. The fraction of sp³-hybridized carbons (Fsp3) is 0.412. The third-order valence-corrected chi connectivity index (χ3v) is 6.52. The van der Waals surface area contributed by atoms with Crippen molar-refractivity contribution in [3.05, 3.63) is 60.2 Å². The molecule has 0 amide bonds. The van der Waals surface area contributed by atoms with Crippen LogP contribution in [0, 0.1) is 5.92 Å². The smallest absolute Gasteiger partial charge is 0.00249 e. The maximum absolute atomic E-state index is 2.36. The fourth-order valence-electron chi connectivity index (χ4n) is 2.63. The first-order valence-corrected chi connectivity index (χ1v) is 8.87. The van der Waals surface area contributed by atoms with Gasteiger partial charge in [-0.1, -0.05) is 68.5 Å². The van der Waals surface area contributed by atoms with Crippen LogP contribution in [0.2, 0.25) is 0 Å². The molecule has 1 heteroatoms. The van der Waals surface area contributed by atoms with E-state index in [-0.39, 0.29) is 7.92 Å². The lowest BCUT2D eigenvalue weighted by Crippen LogP contribution is -2.13. The van der Waals surface area contributed by atoms with Crippen LogP contribution in [0.1, 0.15) is 25.3 Å². The SMILES string of the molecule is CCP(CC)CC(c1ccccc1)C1C=CC=C1. The molecule has 0 fully saturated rings. The van der Waals surface area contributed by atoms with Crippen molar-refractivity contribution in [3.8, 4) is 0 Å². The second kappa shape index (κ2) is 6.90. The lowest BCUT2D eigenvalue weighted by molar-refractivity contribution is 0.659. The van der Waals surface area contributed by atoms with E-state index in [1.165, 1.54) is 24.0 Å². The van der Waals surface area contributed by atoms with Crippen molar-refractivity contribution in [3.63, 3.8) is 0 Å². The molecule has 1 aliphatic rings. The van der Waals surface area contributed by atoms with Crippen molar-refractivity contribution in [1.82, 2.24) is 0 Å². The Kier molecular flexibility index (Phi) is 5.20. The number of hydrogen-bond acceptors (Lipinski definition) is 0. The minimum Gasteiger partial charge on any atom is -0.107 e. The van der Waals surface area contributed by atoms with Crippen molar-refractivity contribution < 1.29 is 0 Å². The summed E-state index contributed by atoms with van der Waals surface area (Å²) in [4.78, 5) is 0. The van der Waals surface area contributed by atoms with E-state index in [1.807, 2.05) is 0 Å². The summed E-state index contributed by atoms with van der Waals surface area (Å²) in [5.74, 6) is 1.28. The molecule has 2 rings (SSSR count). The van der Waals surface area contributed by atoms with Gasteiger partial charge in [0.05, 0.1) is 0 Å². The van der Waals surface area contributed by atoms with Crippen LogP contribution in [0.15, 0.2) is 54.6 Å². The van der Waals surface area contributed by atoms with E-state index in [0.29, 0.717) is 11.8 Å². The first-order chi connectivity index (χ1) is 8.85. The van der Waals surface area contributed by atoms with Gasteiger partial charge in [0.2, 0.25) is 0 Å². The van der Waals surface area contributed by atoms with Gasteiger partial charge in [-0.15, -0.1) is 7.92 Å². The van der Waals surface area contributed by atoms with E-state index in [0.717, 1.165) is 0 Å². The molecule has 0 radical (unpaired) electrons. The molecule has 0 saturated carbocycles. The Morgan fingerprint density at radius 1 is 1.00 bits per heavy atom. The molecule has 96 valence electrons. The Bertz CT molecular complexity index is 389. The second-order valence-electron chi connectivity index (χ2n) is 4.85. The van der Waals surface area contributed by atoms with E-state index in [4.69, 9.17) is 0 Å². The Hall–Kier alpha value is -0.870. The second-order valence-corrected chi connectivity index (χ2v) is 7.82. The van der Waals surface area contributed by atoms with Crippen molar-refractivity contribution in [2.75, 3.05) is 18.5 Å². The van der Waals surface area contributed by atoms with Crippen molar-refractivity contribution >= 4 is 7.92 Å². The highest BCUT2D eigenvalue weighted by Gasteiger charge is 2.22. The van der Waals surface area contributed by atoms with E-state index in [1.54, 1.807) is 0 Å². The van der Waals surface area contributed by atoms with E-state index in [9.17, 15) is 0 Å². The Morgan fingerprint density at radius 3 is 2.17 bits per heavy atom. The highest BCUT2D eigenvalue weighted by atomic mass is 31.1. The molecule has 1 aromatic carbocycles. The summed E-state index contributed by atoms with van der Waals surface area (Å²) in [6, 6.07) is 11.0. The largest absolute Gasteiger partial charge is 0.107 e. The monoisotopic (exact) mass is 258 g/mol. The summed E-state index contributed by atoms with van der Waals surface area (Å²) in [5.41, 5.74) is 1.51. The number of hydrogen-bond donors (Lipinski definition) is 0. The van der Waals surface area contributed by atoms with E-state index in [2.05, 4.69) is 68.5 Å². The molecule has 0 nitrogen and oxygen atoms in total. The lowest BCUT2D eigenvalue weighted by Gasteiger charge is -2.26. The van der Waals surface area contributed by atoms with E-state index < -0.39 is 0 Å². The predicted octanol–water partition coefficient (Wildman–Crippen LogP) is 5.03. The number of allylic oxidation sites excluding steroid dienone is 4. The van der Waals surface area contributed by atoms with Crippen LogP contribution in [0.5, 0.6) is 0 Å². The average molecular weight is 258 g/mol. The standard InChI is InChI=1S/C17H23P/c1-3-18(4-2)14-17(16-12-8-9-13-16)15-10-6-5-7-11-15/h5-13,16-17H,3-4,14H2,1-2H3. The van der Waals surface area contributed by atoms with E-state index >= 15 is 0 Å². The molecule has 0 aromatic heterocycles. The lowest BCUT2D eigenvalue weighted by atomic mass is 9.88. The molecule has 0 saturated heterocycles. The molecular formula is C17H23P. The van der Waals surface area contributed by atoms with Crippen LogP contribution < -0.4 is 0 Å². The summed E-state index contributed by atoms with van der Waals surface area (Å²) in [6.07, 6.45) is 13.2. The number of rotatable bonds is 6. The van der Waals surface area contributed by atoms with Gasteiger partial charge < -0.3 is 0 Å². The molecule has 1 aliphatic carbocycles. The quantitative estimate of drug-likeness (QED) is 0.627. The summed E-state index contributed by atoms with van der Waals surface area (Å²) in [6.45, 7) is 4.69. The molecule has 0 heterocycles. The zero-order chi connectivity index (χ0) is 12.8. The molecule has 0 N–H and O–H groups in total.